The summed E-state index contributed by atoms with van der Waals surface area (Å²) in [6.45, 7) is 2.82. The minimum atomic E-state index is -0.121. The van der Waals surface area contributed by atoms with Gasteiger partial charge in [-0.2, -0.15) is 0 Å². The van der Waals surface area contributed by atoms with E-state index in [1.807, 2.05) is 31.2 Å². The molecule has 0 atom stereocenters. The van der Waals surface area contributed by atoms with Crippen molar-refractivity contribution in [3.05, 3.63) is 46.5 Å². The Hall–Kier alpha value is -2.01. The molecule has 2 aromatic rings. The first-order valence-corrected chi connectivity index (χ1v) is 7.42. The molecule has 5 heteroatoms. The molecule has 0 radical (unpaired) electrons. The number of carbonyl (C=O) groups is 1. The van der Waals surface area contributed by atoms with Gasteiger partial charge in [0.25, 0.3) is 5.91 Å². The van der Waals surface area contributed by atoms with Gasteiger partial charge in [0.1, 0.15) is 0 Å². The number of aliphatic imine (C=N–C) groups is 1. The maximum absolute atomic E-state index is 12.4. The zero-order chi connectivity index (χ0) is 13.9. The number of carbonyl (C=O) groups excluding carboxylic acids is 1. The molecular weight excluding hydrogens is 270 g/mol. The average Bonchev–Trinajstić information content (AvgIpc) is 3.10. The van der Waals surface area contributed by atoms with Gasteiger partial charge < -0.3 is 0 Å². The topological polar surface area (TPSA) is 54.4 Å². The van der Waals surface area contributed by atoms with Crippen molar-refractivity contribution in [1.82, 2.24) is 4.98 Å². The van der Waals surface area contributed by atoms with E-state index in [9.17, 15) is 4.79 Å². The minimum absolute atomic E-state index is 0.121. The first kappa shape index (κ1) is 13.0. The molecule has 1 aliphatic heterocycles. The SMILES string of the molecule is Cc1cnc(NC(=O)c2ccccc2C2=NCCC2)s1. The lowest BCUT2D eigenvalue weighted by molar-refractivity contribution is 0.102. The van der Waals surface area contributed by atoms with Gasteiger partial charge in [0, 0.05) is 34.5 Å². The van der Waals surface area contributed by atoms with E-state index in [0.717, 1.165) is 35.5 Å². The summed E-state index contributed by atoms with van der Waals surface area (Å²) in [5.41, 5.74) is 2.64. The molecule has 1 amide bonds. The van der Waals surface area contributed by atoms with Crippen LogP contribution in [0.2, 0.25) is 0 Å². The molecule has 2 heterocycles. The summed E-state index contributed by atoms with van der Waals surface area (Å²) in [7, 11) is 0. The minimum Gasteiger partial charge on any atom is -0.298 e. The summed E-state index contributed by atoms with van der Waals surface area (Å²) >= 11 is 1.48. The first-order valence-electron chi connectivity index (χ1n) is 6.60. The lowest BCUT2D eigenvalue weighted by Gasteiger charge is -2.08. The van der Waals surface area contributed by atoms with Crippen LogP contribution in [0.25, 0.3) is 0 Å². The van der Waals surface area contributed by atoms with Gasteiger partial charge in [0.15, 0.2) is 5.13 Å². The summed E-state index contributed by atoms with van der Waals surface area (Å²) in [4.78, 5) is 22.1. The van der Waals surface area contributed by atoms with Gasteiger partial charge in [0.05, 0.1) is 0 Å². The second-order valence-corrected chi connectivity index (χ2v) is 5.94. The second-order valence-electron chi connectivity index (χ2n) is 4.71. The molecule has 102 valence electrons. The summed E-state index contributed by atoms with van der Waals surface area (Å²) in [5.74, 6) is -0.121. The first-order chi connectivity index (χ1) is 9.74. The van der Waals surface area contributed by atoms with E-state index in [1.54, 1.807) is 6.20 Å². The molecule has 0 spiro atoms. The fraction of sp³-hybridized carbons (Fsp3) is 0.267. The Morgan fingerprint density at radius 3 is 2.90 bits per heavy atom. The number of nitrogens with zero attached hydrogens (tertiary/aromatic N) is 2. The third kappa shape index (κ3) is 2.63. The van der Waals surface area contributed by atoms with Crippen LogP contribution in [0.5, 0.6) is 0 Å². The van der Waals surface area contributed by atoms with Crippen LogP contribution < -0.4 is 5.32 Å². The van der Waals surface area contributed by atoms with Gasteiger partial charge in [0.2, 0.25) is 0 Å². The predicted molar refractivity (Wildman–Crippen MR) is 81.9 cm³/mol. The lowest BCUT2D eigenvalue weighted by Crippen LogP contribution is -2.16. The smallest absolute Gasteiger partial charge is 0.258 e. The Morgan fingerprint density at radius 1 is 1.35 bits per heavy atom. The van der Waals surface area contributed by atoms with Gasteiger partial charge in [-0.05, 0) is 25.8 Å². The van der Waals surface area contributed by atoms with E-state index in [1.165, 1.54) is 11.3 Å². The van der Waals surface area contributed by atoms with Crippen molar-refractivity contribution in [2.45, 2.75) is 19.8 Å². The monoisotopic (exact) mass is 285 g/mol. The average molecular weight is 285 g/mol. The molecule has 3 rings (SSSR count). The zero-order valence-corrected chi connectivity index (χ0v) is 12.0. The molecule has 4 nitrogen and oxygen atoms in total. The van der Waals surface area contributed by atoms with Crippen LogP contribution in [0.3, 0.4) is 0 Å². The number of rotatable bonds is 3. The van der Waals surface area contributed by atoms with Gasteiger partial charge in [-0.3, -0.25) is 15.1 Å². The normalized spacial score (nSPS) is 14.2. The number of thiazole rings is 1. The third-order valence-electron chi connectivity index (χ3n) is 3.20. The molecule has 20 heavy (non-hydrogen) atoms. The van der Waals surface area contributed by atoms with E-state index in [-0.39, 0.29) is 5.91 Å². The van der Waals surface area contributed by atoms with E-state index in [0.29, 0.717) is 10.7 Å². The highest BCUT2D eigenvalue weighted by molar-refractivity contribution is 7.15. The summed E-state index contributed by atoms with van der Waals surface area (Å²) in [6, 6.07) is 7.62. The van der Waals surface area contributed by atoms with Gasteiger partial charge in [-0.1, -0.05) is 18.2 Å². The van der Waals surface area contributed by atoms with Gasteiger partial charge in [-0.15, -0.1) is 11.3 Å². The number of anilines is 1. The zero-order valence-electron chi connectivity index (χ0n) is 11.2. The highest BCUT2D eigenvalue weighted by Crippen LogP contribution is 2.21. The fourth-order valence-corrected chi connectivity index (χ4v) is 2.93. The highest BCUT2D eigenvalue weighted by atomic mass is 32.1. The predicted octanol–water partition coefficient (Wildman–Crippen LogP) is 3.29. The van der Waals surface area contributed by atoms with Crippen LogP contribution in [-0.4, -0.2) is 23.1 Å². The Labute approximate surface area is 121 Å². The standard InChI is InChI=1S/C15H15N3OS/c1-10-9-17-15(20-10)18-14(19)12-6-3-2-5-11(12)13-7-4-8-16-13/h2-3,5-6,9H,4,7-8H2,1H3,(H,17,18,19). The van der Waals surface area contributed by atoms with Crippen molar-refractivity contribution in [3.63, 3.8) is 0 Å². The van der Waals surface area contributed by atoms with Gasteiger partial charge >= 0.3 is 0 Å². The fourth-order valence-electron chi connectivity index (χ4n) is 2.27. The number of hydrogen-bond donors (Lipinski definition) is 1. The van der Waals surface area contributed by atoms with E-state index >= 15 is 0 Å². The van der Waals surface area contributed by atoms with Crippen molar-refractivity contribution >= 4 is 28.1 Å². The van der Waals surface area contributed by atoms with Crippen LogP contribution in [-0.2, 0) is 0 Å². The molecule has 1 aliphatic rings. The molecule has 0 saturated heterocycles. The second kappa shape index (κ2) is 5.54. The quantitative estimate of drug-likeness (QED) is 0.940. The number of benzene rings is 1. The molecule has 0 aliphatic carbocycles. The largest absolute Gasteiger partial charge is 0.298 e. The molecule has 0 saturated carbocycles. The van der Waals surface area contributed by atoms with Crippen LogP contribution in [0.1, 0.15) is 33.6 Å². The maximum Gasteiger partial charge on any atom is 0.258 e. The number of aromatic nitrogens is 1. The molecule has 1 aromatic heterocycles. The number of amides is 1. The van der Waals surface area contributed by atoms with Crippen LogP contribution in [0.15, 0.2) is 35.5 Å². The van der Waals surface area contributed by atoms with Crippen molar-refractivity contribution < 1.29 is 4.79 Å². The van der Waals surface area contributed by atoms with Crippen LogP contribution >= 0.6 is 11.3 Å². The van der Waals surface area contributed by atoms with Crippen molar-refractivity contribution in [2.75, 3.05) is 11.9 Å². The number of nitrogens with one attached hydrogen (secondary N) is 1. The molecule has 1 N–H and O–H groups in total. The van der Waals surface area contributed by atoms with Crippen molar-refractivity contribution in [1.29, 1.82) is 0 Å². The summed E-state index contributed by atoms with van der Waals surface area (Å²) in [5, 5.41) is 3.49. The van der Waals surface area contributed by atoms with E-state index in [4.69, 9.17) is 0 Å². The Balaban J connectivity index is 1.87. The molecule has 0 fully saturated rings. The number of aryl methyl sites for hydroxylation is 1. The molecule has 0 unspecified atom stereocenters. The molecule has 0 bridgehead atoms. The van der Waals surface area contributed by atoms with Gasteiger partial charge in [-0.25, -0.2) is 4.98 Å². The van der Waals surface area contributed by atoms with E-state index < -0.39 is 0 Å². The lowest BCUT2D eigenvalue weighted by atomic mass is 10.0. The Bertz CT molecular complexity index is 675. The van der Waals surface area contributed by atoms with Crippen LogP contribution in [0, 0.1) is 6.92 Å². The Morgan fingerprint density at radius 2 is 2.20 bits per heavy atom. The van der Waals surface area contributed by atoms with E-state index in [2.05, 4.69) is 15.3 Å². The number of hydrogen-bond acceptors (Lipinski definition) is 4. The Kier molecular flexibility index (Phi) is 3.60. The summed E-state index contributed by atoms with van der Waals surface area (Å²) < 4.78 is 0. The van der Waals surface area contributed by atoms with Crippen molar-refractivity contribution in [2.24, 2.45) is 4.99 Å². The highest BCUT2D eigenvalue weighted by Gasteiger charge is 2.17. The maximum atomic E-state index is 12.4. The molecular formula is C15H15N3OS. The van der Waals surface area contributed by atoms with Crippen LogP contribution in [0.4, 0.5) is 5.13 Å². The third-order valence-corrected chi connectivity index (χ3v) is 4.03. The molecule has 1 aromatic carbocycles. The summed E-state index contributed by atoms with van der Waals surface area (Å²) in [6.07, 6.45) is 3.77. The van der Waals surface area contributed by atoms with Crippen molar-refractivity contribution in [3.8, 4) is 0 Å².